The average Bonchev–Trinajstić information content (AvgIpc) is 2.66. The summed E-state index contributed by atoms with van der Waals surface area (Å²) in [5.74, 6) is 0.802. The zero-order valence-electron chi connectivity index (χ0n) is 11.7. The Bertz CT molecular complexity index is 490. The minimum Gasteiger partial charge on any atom is -0.496 e. The van der Waals surface area contributed by atoms with Crippen molar-refractivity contribution < 1.29 is 9.53 Å². The summed E-state index contributed by atoms with van der Waals surface area (Å²) in [7, 11) is 3.50. The van der Waals surface area contributed by atoms with E-state index >= 15 is 0 Å². The largest absolute Gasteiger partial charge is 0.496 e. The van der Waals surface area contributed by atoms with Crippen molar-refractivity contribution in [3.05, 3.63) is 28.2 Å². The Labute approximate surface area is 122 Å². The zero-order valence-corrected chi connectivity index (χ0v) is 13.3. The third-order valence-electron chi connectivity index (χ3n) is 3.57. The highest BCUT2D eigenvalue weighted by atomic mass is 79.9. The van der Waals surface area contributed by atoms with Crippen molar-refractivity contribution >= 4 is 22.0 Å². The first kappa shape index (κ1) is 14.2. The Morgan fingerprint density at radius 3 is 2.58 bits per heavy atom. The van der Waals surface area contributed by atoms with E-state index in [0.29, 0.717) is 0 Å². The predicted octanol–water partition coefficient (Wildman–Crippen LogP) is 3.27. The van der Waals surface area contributed by atoms with Crippen molar-refractivity contribution in [2.24, 2.45) is 0 Å². The van der Waals surface area contributed by atoms with E-state index in [0.717, 1.165) is 22.3 Å². The molecule has 0 spiro atoms. The molecule has 1 saturated heterocycles. The van der Waals surface area contributed by atoms with Crippen molar-refractivity contribution in [3.8, 4) is 5.75 Å². The Kier molecular flexibility index (Phi) is 4.04. The maximum Gasteiger partial charge on any atom is 0.320 e. The van der Waals surface area contributed by atoms with Crippen molar-refractivity contribution in [2.45, 2.75) is 25.9 Å². The lowest BCUT2D eigenvalue weighted by molar-refractivity contribution is 0.187. The Morgan fingerprint density at radius 2 is 2.11 bits per heavy atom. The number of halogens is 1. The first-order valence-electron chi connectivity index (χ1n) is 6.32. The van der Waals surface area contributed by atoms with Gasteiger partial charge in [-0.25, -0.2) is 4.79 Å². The Morgan fingerprint density at radius 1 is 1.42 bits per heavy atom. The summed E-state index contributed by atoms with van der Waals surface area (Å²) >= 11 is 3.49. The molecule has 104 valence electrons. The van der Waals surface area contributed by atoms with Crippen LogP contribution in [0.1, 0.15) is 25.5 Å². The van der Waals surface area contributed by atoms with Gasteiger partial charge >= 0.3 is 6.03 Å². The standard InChI is InChI=1S/C14H19BrN2O2/c1-9(2)17-8-12(16(3)14(17)18)10-5-6-13(19-4)11(15)7-10/h5-7,9,12H,8H2,1-4H3. The van der Waals surface area contributed by atoms with Gasteiger partial charge in [0, 0.05) is 19.6 Å². The summed E-state index contributed by atoms with van der Waals surface area (Å²) in [6.45, 7) is 4.81. The summed E-state index contributed by atoms with van der Waals surface area (Å²) in [4.78, 5) is 15.8. The zero-order chi connectivity index (χ0) is 14.2. The molecule has 1 aliphatic heterocycles. The van der Waals surface area contributed by atoms with Gasteiger partial charge in [0.25, 0.3) is 0 Å². The molecule has 1 atom stereocenters. The van der Waals surface area contributed by atoms with Crippen LogP contribution >= 0.6 is 15.9 Å². The summed E-state index contributed by atoms with van der Waals surface area (Å²) < 4.78 is 6.15. The number of carbonyl (C=O) groups is 1. The molecule has 1 heterocycles. The first-order chi connectivity index (χ1) is 8.95. The van der Waals surface area contributed by atoms with Crippen LogP contribution in [0.15, 0.2) is 22.7 Å². The van der Waals surface area contributed by atoms with E-state index in [4.69, 9.17) is 4.74 Å². The van der Waals surface area contributed by atoms with Gasteiger partial charge < -0.3 is 14.5 Å². The second-order valence-electron chi connectivity index (χ2n) is 5.05. The molecule has 1 fully saturated rings. The third-order valence-corrected chi connectivity index (χ3v) is 4.19. The number of benzene rings is 1. The van der Waals surface area contributed by atoms with Crippen molar-refractivity contribution in [1.82, 2.24) is 9.80 Å². The van der Waals surface area contributed by atoms with Crippen LogP contribution < -0.4 is 4.74 Å². The van der Waals surface area contributed by atoms with Crippen LogP contribution in [0.2, 0.25) is 0 Å². The SMILES string of the molecule is COc1ccc(C2CN(C(C)C)C(=O)N2C)cc1Br. The van der Waals surface area contributed by atoms with E-state index in [-0.39, 0.29) is 18.1 Å². The normalized spacial score (nSPS) is 19.5. The van der Waals surface area contributed by atoms with E-state index in [2.05, 4.69) is 15.9 Å². The van der Waals surface area contributed by atoms with Crippen LogP contribution in [0.3, 0.4) is 0 Å². The van der Waals surface area contributed by atoms with Crippen LogP contribution in [-0.4, -0.2) is 42.6 Å². The van der Waals surface area contributed by atoms with E-state index in [1.54, 1.807) is 12.0 Å². The van der Waals surface area contributed by atoms with Crippen LogP contribution in [-0.2, 0) is 0 Å². The van der Waals surface area contributed by atoms with Crippen LogP contribution in [0.4, 0.5) is 4.79 Å². The lowest BCUT2D eigenvalue weighted by atomic mass is 10.1. The number of amides is 2. The average molecular weight is 327 g/mol. The van der Waals surface area contributed by atoms with Crippen molar-refractivity contribution in [1.29, 1.82) is 0 Å². The quantitative estimate of drug-likeness (QED) is 0.854. The topological polar surface area (TPSA) is 32.8 Å². The monoisotopic (exact) mass is 326 g/mol. The molecule has 19 heavy (non-hydrogen) atoms. The molecule has 2 rings (SSSR count). The molecular formula is C14H19BrN2O2. The van der Waals surface area contributed by atoms with Gasteiger partial charge in [0.2, 0.25) is 0 Å². The van der Waals surface area contributed by atoms with Gasteiger partial charge in [-0.15, -0.1) is 0 Å². The summed E-state index contributed by atoms with van der Waals surface area (Å²) in [5, 5.41) is 0. The molecule has 1 aliphatic rings. The van der Waals surface area contributed by atoms with E-state index in [9.17, 15) is 4.79 Å². The number of ether oxygens (including phenoxy) is 1. The van der Waals surface area contributed by atoms with E-state index in [1.807, 2.05) is 44.0 Å². The van der Waals surface area contributed by atoms with Gasteiger partial charge in [-0.1, -0.05) is 6.07 Å². The molecule has 1 aromatic rings. The second-order valence-corrected chi connectivity index (χ2v) is 5.90. The van der Waals surface area contributed by atoms with E-state index in [1.165, 1.54) is 0 Å². The number of rotatable bonds is 3. The maximum atomic E-state index is 12.2. The van der Waals surface area contributed by atoms with Gasteiger partial charge in [-0.2, -0.15) is 0 Å². The van der Waals surface area contributed by atoms with Crippen molar-refractivity contribution in [2.75, 3.05) is 20.7 Å². The molecule has 4 nitrogen and oxygen atoms in total. The molecule has 2 amide bonds. The maximum absolute atomic E-state index is 12.2. The van der Waals surface area contributed by atoms with Gasteiger partial charge in [0.15, 0.2) is 0 Å². The molecule has 1 aromatic carbocycles. The van der Waals surface area contributed by atoms with E-state index < -0.39 is 0 Å². The lowest BCUT2D eigenvalue weighted by Crippen LogP contribution is -2.34. The molecule has 5 heteroatoms. The number of methoxy groups -OCH3 is 1. The number of carbonyl (C=O) groups excluding carboxylic acids is 1. The van der Waals surface area contributed by atoms with Gasteiger partial charge in [0.05, 0.1) is 17.6 Å². The molecule has 0 N–H and O–H groups in total. The number of hydrogen-bond acceptors (Lipinski definition) is 2. The number of urea groups is 1. The molecule has 0 bridgehead atoms. The minimum atomic E-state index is 0.0898. The molecule has 1 unspecified atom stereocenters. The molecular weight excluding hydrogens is 308 g/mol. The van der Waals surface area contributed by atoms with Gasteiger partial charge in [0.1, 0.15) is 5.75 Å². The highest BCUT2D eigenvalue weighted by Gasteiger charge is 2.36. The van der Waals surface area contributed by atoms with Crippen molar-refractivity contribution in [3.63, 3.8) is 0 Å². The number of nitrogens with zero attached hydrogens (tertiary/aromatic N) is 2. The molecule has 0 radical (unpaired) electrons. The fraction of sp³-hybridized carbons (Fsp3) is 0.500. The fourth-order valence-corrected chi connectivity index (χ4v) is 2.93. The van der Waals surface area contributed by atoms with Crippen LogP contribution in [0.5, 0.6) is 5.75 Å². The first-order valence-corrected chi connectivity index (χ1v) is 7.12. The Balaban J connectivity index is 2.28. The number of hydrogen-bond donors (Lipinski definition) is 0. The second kappa shape index (κ2) is 5.41. The smallest absolute Gasteiger partial charge is 0.320 e. The minimum absolute atomic E-state index is 0.0898. The summed E-state index contributed by atoms with van der Waals surface area (Å²) in [6, 6.07) is 6.38. The lowest BCUT2D eigenvalue weighted by Gasteiger charge is -2.19. The van der Waals surface area contributed by atoms with Crippen LogP contribution in [0, 0.1) is 0 Å². The third kappa shape index (κ3) is 2.56. The predicted molar refractivity (Wildman–Crippen MR) is 78.4 cm³/mol. The highest BCUT2D eigenvalue weighted by Crippen LogP contribution is 2.33. The van der Waals surface area contributed by atoms with Crippen LogP contribution in [0.25, 0.3) is 0 Å². The molecule has 0 saturated carbocycles. The summed E-state index contributed by atoms with van der Waals surface area (Å²) in [5.41, 5.74) is 1.12. The van der Waals surface area contributed by atoms with Gasteiger partial charge in [-0.05, 0) is 47.5 Å². The summed E-state index contributed by atoms with van der Waals surface area (Å²) in [6.07, 6.45) is 0. The Hall–Kier alpha value is -1.23. The van der Waals surface area contributed by atoms with Gasteiger partial charge in [-0.3, -0.25) is 0 Å². The number of likely N-dealkylation sites (N-methyl/N-ethyl adjacent to an activating group) is 1. The highest BCUT2D eigenvalue weighted by molar-refractivity contribution is 9.10. The molecule has 0 aliphatic carbocycles. The fourth-order valence-electron chi connectivity index (χ4n) is 2.37. The molecule has 0 aromatic heterocycles.